The molecule has 1 N–H and O–H groups in total. The van der Waals surface area contributed by atoms with Crippen LogP contribution in [0.3, 0.4) is 0 Å². The Bertz CT molecular complexity index is 181. The van der Waals surface area contributed by atoms with Gasteiger partial charge in [0.2, 0.25) is 0 Å². The molecule has 1 fully saturated rings. The molecule has 0 spiro atoms. The number of thiocarbonyl (C=S) groups is 1. The Labute approximate surface area is 71.1 Å². The third-order valence-electron chi connectivity index (χ3n) is 1.78. The van der Waals surface area contributed by atoms with Gasteiger partial charge in [-0.15, -0.1) is 0 Å². The Morgan fingerprint density at radius 3 is 3.09 bits per heavy atom. The lowest BCUT2D eigenvalue weighted by atomic mass is 9.98. The minimum Gasteiger partial charge on any atom is -0.469 e. The summed E-state index contributed by atoms with van der Waals surface area (Å²) < 4.78 is 4.61. The van der Waals surface area contributed by atoms with Gasteiger partial charge in [0.25, 0.3) is 0 Å². The fraction of sp³-hybridized carbons (Fsp3) is 0.714. The van der Waals surface area contributed by atoms with Crippen LogP contribution < -0.4 is 5.32 Å². The molecule has 1 aliphatic heterocycles. The molecule has 3 nitrogen and oxygen atoms in total. The van der Waals surface area contributed by atoms with Gasteiger partial charge in [-0.3, -0.25) is 4.79 Å². The average molecular weight is 173 g/mol. The molecular weight excluding hydrogens is 162 g/mol. The molecule has 1 aliphatic rings. The fourth-order valence-electron chi connectivity index (χ4n) is 1.15. The topological polar surface area (TPSA) is 38.3 Å². The molecule has 0 bridgehead atoms. The van der Waals surface area contributed by atoms with Crippen LogP contribution in [0.4, 0.5) is 0 Å². The van der Waals surface area contributed by atoms with Gasteiger partial charge in [-0.2, -0.15) is 0 Å². The third kappa shape index (κ3) is 2.15. The molecule has 1 unspecified atom stereocenters. The highest BCUT2D eigenvalue weighted by atomic mass is 32.1. The van der Waals surface area contributed by atoms with E-state index in [1.54, 1.807) is 0 Å². The quantitative estimate of drug-likeness (QED) is 0.462. The van der Waals surface area contributed by atoms with E-state index in [-0.39, 0.29) is 11.9 Å². The lowest BCUT2D eigenvalue weighted by Crippen LogP contribution is -2.35. The first-order chi connectivity index (χ1) is 5.24. The monoisotopic (exact) mass is 173 g/mol. The molecule has 0 saturated carbocycles. The number of hydrogen-bond acceptors (Lipinski definition) is 3. The zero-order valence-electron chi connectivity index (χ0n) is 6.42. The maximum absolute atomic E-state index is 11.0. The van der Waals surface area contributed by atoms with Crippen LogP contribution >= 0.6 is 12.2 Å². The number of carbonyl (C=O) groups is 1. The number of carbonyl (C=O) groups excluding carboxylic acids is 1. The summed E-state index contributed by atoms with van der Waals surface area (Å²) in [7, 11) is 1.41. The molecule has 11 heavy (non-hydrogen) atoms. The number of nitrogens with one attached hydrogen (secondary N) is 1. The normalized spacial score (nSPS) is 24.1. The van der Waals surface area contributed by atoms with Gasteiger partial charge in [0, 0.05) is 13.0 Å². The van der Waals surface area contributed by atoms with Crippen molar-refractivity contribution in [2.24, 2.45) is 5.92 Å². The van der Waals surface area contributed by atoms with Crippen LogP contribution in [-0.2, 0) is 9.53 Å². The Kier molecular flexibility index (Phi) is 2.82. The minimum absolute atomic E-state index is 0.0197. The van der Waals surface area contributed by atoms with E-state index in [9.17, 15) is 4.79 Å². The molecule has 0 aromatic heterocycles. The first-order valence-corrected chi connectivity index (χ1v) is 3.99. The lowest BCUT2D eigenvalue weighted by Gasteiger charge is -2.21. The molecular formula is C7H11NO2S. The second-order valence-corrected chi connectivity index (χ2v) is 3.06. The Hall–Kier alpha value is -0.640. The smallest absolute Gasteiger partial charge is 0.309 e. The van der Waals surface area contributed by atoms with E-state index in [1.807, 2.05) is 0 Å². The molecule has 1 heterocycles. The number of piperidine rings is 1. The van der Waals surface area contributed by atoms with Crippen molar-refractivity contribution in [1.82, 2.24) is 5.32 Å². The van der Waals surface area contributed by atoms with Crippen LogP contribution in [0.5, 0.6) is 0 Å². The van der Waals surface area contributed by atoms with Gasteiger partial charge in [0.15, 0.2) is 0 Å². The summed E-state index contributed by atoms with van der Waals surface area (Å²) in [5.74, 6) is -0.164. The number of rotatable bonds is 1. The van der Waals surface area contributed by atoms with Gasteiger partial charge in [0.05, 0.1) is 18.0 Å². The summed E-state index contributed by atoms with van der Waals surface area (Å²) in [6.45, 7) is 0.790. The van der Waals surface area contributed by atoms with Crippen molar-refractivity contribution >= 4 is 23.2 Å². The predicted molar refractivity (Wildman–Crippen MR) is 45.3 cm³/mol. The predicted octanol–water partition coefficient (Wildman–Crippen LogP) is 0.486. The largest absolute Gasteiger partial charge is 0.469 e. The summed E-state index contributed by atoms with van der Waals surface area (Å²) in [6.07, 6.45) is 1.47. The second-order valence-electron chi connectivity index (χ2n) is 2.56. The maximum atomic E-state index is 11.0. The fourth-order valence-corrected chi connectivity index (χ4v) is 1.45. The number of esters is 1. The maximum Gasteiger partial charge on any atom is 0.309 e. The average Bonchev–Trinajstić information content (AvgIpc) is 2.03. The molecule has 0 aromatic carbocycles. The van der Waals surface area contributed by atoms with Crippen LogP contribution in [0, 0.1) is 5.92 Å². The van der Waals surface area contributed by atoms with E-state index in [0.717, 1.165) is 18.0 Å². The highest BCUT2D eigenvalue weighted by molar-refractivity contribution is 7.80. The molecule has 0 aromatic rings. The summed E-state index contributed by atoms with van der Waals surface area (Å²) in [4.78, 5) is 11.8. The zero-order valence-corrected chi connectivity index (χ0v) is 7.24. The van der Waals surface area contributed by atoms with Crippen molar-refractivity contribution in [3.63, 3.8) is 0 Å². The van der Waals surface area contributed by atoms with E-state index in [4.69, 9.17) is 12.2 Å². The van der Waals surface area contributed by atoms with Gasteiger partial charge in [0.1, 0.15) is 0 Å². The van der Waals surface area contributed by atoms with Gasteiger partial charge in [-0.05, 0) is 6.42 Å². The second kappa shape index (κ2) is 3.67. The van der Waals surface area contributed by atoms with E-state index >= 15 is 0 Å². The minimum atomic E-state index is -0.145. The molecule has 1 saturated heterocycles. The van der Waals surface area contributed by atoms with Crippen LogP contribution in [-0.4, -0.2) is 24.6 Å². The summed E-state index contributed by atoms with van der Waals surface area (Å²) in [5, 5.41) is 3.01. The third-order valence-corrected chi connectivity index (χ3v) is 2.09. The van der Waals surface area contributed by atoms with E-state index < -0.39 is 0 Å². The molecule has 0 amide bonds. The van der Waals surface area contributed by atoms with E-state index in [1.165, 1.54) is 7.11 Å². The van der Waals surface area contributed by atoms with Crippen molar-refractivity contribution in [2.45, 2.75) is 12.8 Å². The van der Waals surface area contributed by atoms with E-state index in [2.05, 4.69) is 10.1 Å². The standard InChI is InChI=1S/C7H11NO2S/c1-10-7(9)5-2-3-8-6(11)4-5/h5H,2-4H2,1H3,(H,8,11). The van der Waals surface area contributed by atoms with Crippen LogP contribution in [0.1, 0.15) is 12.8 Å². The summed E-state index contributed by atoms with van der Waals surface area (Å²) in [6, 6.07) is 0. The molecule has 0 radical (unpaired) electrons. The lowest BCUT2D eigenvalue weighted by molar-refractivity contribution is -0.145. The molecule has 62 valence electrons. The molecule has 1 atom stereocenters. The number of hydrogen-bond donors (Lipinski definition) is 1. The van der Waals surface area contributed by atoms with Gasteiger partial charge in [-0.1, -0.05) is 12.2 Å². The SMILES string of the molecule is COC(=O)C1CCNC(=S)C1. The van der Waals surface area contributed by atoms with E-state index in [0.29, 0.717) is 6.42 Å². The first kappa shape index (κ1) is 8.46. The highest BCUT2D eigenvalue weighted by Gasteiger charge is 2.23. The number of ether oxygens (including phenoxy) is 1. The van der Waals surface area contributed by atoms with Crippen molar-refractivity contribution < 1.29 is 9.53 Å². The van der Waals surface area contributed by atoms with Crippen molar-refractivity contribution in [1.29, 1.82) is 0 Å². The number of methoxy groups -OCH3 is 1. The van der Waals surface area contributed by atoms with Gasteiger partial charge in [-0.25, -0.2) is 0 Å². The van der Waals surface area contributed by atoms with Crippen LogP contribution in [0.15, 0.2) is 0 Å². The Morgan fingerprint density at radius 2 is 2.55 bits per heavy atom. The van der Waals surface area contributed by atoms with Gasteiger partial charge < -0.3 is 10.1 Å². The summed E-state index contributed by atoms with van der Waals surface area (Å²) >= 11 is 4.93. The Balaban J connectivity index is 2.45. The zero-order chi connectivity index (χ0) is 8.27. The summed E-state index contributed by atoms with van der Waals surface area (Å²) in [5.41, 5.74) is 0. The first-order valence-electron chi connectivity index (χ1n) is 3.58. The van der Waals surface area contributed by atoms with Crippen molar-refractivity contribution in [2.75, 3.05) is 13.7 Å². The molecule has 1 rings (SSSR count). The Morgan fingerprint density at radius 1 is 1.82 bits per heavy atom. The molecule has 0 aliphatic carbocycles. The van der Waals surface area contributed by atoms with Gasteiger partial charge >= 0.3 is 5.97 Å². The van der Waals surface area contributed by atoms with Crippen molar-refractivity contribution in [3.8, 4) is 0 Å². The highest BCUT2D eigenvalue weighted by Crippen LogP contribution is 2.14. The van der Waals surface area contributed by atoms with Crippen molar-refractivity contribution in [3.05, 3.63) is 0 Å². The van der Waals surface area contributed by atoms with Crippen LogP contribution in [0.2, 0.25) is 0 Å². The molecule has 4 heteroatoms. The van der Waals surface area contributed by atoms with Crippen LogP contribution in [0.25, 0.3) is 0 Å².